The number of nitriles is 1. The Morgan fingerprint density at radius 2 is 1.96 bits per heavy atom. The molecule has 0 aliphatic carbocycles. The van der Waals surface area contributed by atoms with E-state index in [1.54, 1.807) is 0 Å². The van der Waals surface area contributed by atoms with Crippen LogP contribution in [0.25, 0.3) is 0 Å². The average molecular weight is 373 g/mol. The van der Waals surface area contributed by atoms with Gasteiger partial charge in [0.25, 0.3) is 5.56 Å². The highest BCUT2D eigenvalue weighted by atomic mass is 32.2. The van der Waals surface area contributed by atoms with E-state index in [1.807, 2.05) is 6.07 Å². The number of hydrogen-bond acceptors (Lipinski definition) is 7. The predicted octanol–water partition coefficient (Wildman–Crippen LogP) is 1.98. The zero-order valence-corrected chi connectivity index (χ0v) is 14.6. The molecule has 0 spiro atoms. The van der Waals surface area contributed by atoms with Crippen LogP contribution in [-0.4, -0.2) is 18.1 Å². The van der Waals surface area contributed by atoms with Crippen LogP contribution in [0.1, 0.15) is 11.1 Å². The maximum absolute atomic E-state index is 12.5. The number of nitrogens with two attached hydrogens (primary N) is 1. The largest absolute Gasteiger partial charge is 0.493 e. The van der Waals surface area contributed by atoms with Crippen molar-refractivity contribution in [2.45, 2.75) is 18.4 Å². The summed E-state index contributed by atoms with van der Waals surface area (Å²) in [5.41, 5.74) is -0.385. The molecule has 9 nitrogen and oxygen atoms in total. The first-order valence-corrected chi connectivity index (χ1v) is 8.77. The molecule has 134 valence electrons. The van der Waals surface area contributed by atoms with Crippen molar-refractivity contribution in [3.8, 4) is 11.9 Å². The minimum Gasteiger partial charge on any atom is -0.493 e. The summed E-state index contributed by atoms with van der Waals surface area (Å²) in [5, 5.41) is 32.0. The maximum atomic E-state index is 12.5. The lowest BCUT2D eigenvalue weighted by Crippen LogP contribution is -2.21. The molecule has 0 aliphatic rings. The number of hydrogen-bond donors (Lipinski definition) is 2. The van der Waals surface area contributed by atoms with E-state index in [4.69, 9.17) is 5.14 Å². The van der Waals surface area contributed by atoms with Gasteiger partial charge in [0.05, 0.1) is 10.6 Å². The summed E-state index contributed by atoms with van der Waals surface area (Å²) >= 11 is 0. The van der Waals surface area contributed by atoms with Gasteiger partial charge >= 0.3 is 0 Å². The molecule has 0 atom stereocenters. The van der Waals surface area contributed by atoms with Crippen LogP contribution in [0.15, 0.2) is 56.8 Å². The second kappa shape index (κ2) is 7.30. The van der Waals surface area contributed by atoms with Gasteiger partial charge in [0, 0.05) is 12.1 Å². The van der Waals surface area contributed by atoms with Crippen LogP contribution in [0.4, 0.5) is 11.4 Å². The maximum Gasteiger partial charge on any atom is 0.281 e. The Morgan fingerprint density at radius 3 is 2.46 bits per heavy atom. The molecule has 10 heteroatoms. The van der Waals surface area contributed by atoms with E-state index in [-0.39, 0.29) is 33.9 Å². The summed E-state index contributed by atoms with van der Waals surface area (Å²) in [6, 6.07) is 7.07. The van der Waals surface area contributed by atoms with E-state index in [9.17, 15) is 23.6 Å². The third kappa shape index (κ3) is 3.69. The topological polar surface area (TPSA) is 151 Å². The average Bonchev–Trinajstić information content (AvgIpc) is 2.58. The van der Waals surface area contributed by atoms with Crippen molar-refractivity contribution in [2.75, 3.05) is 0 Å². The Bertz CT molecular complexity index is 1090. The standard InChI is InChI=1S/C16H15N5O4S/c1-3-8-21-15(22)13(9-17)10(2)14(16(21)23)20-19-11-4-6-12(7-5-11)26(18,24)25/h3-7,22H,1,8H2,2H3,(H2,18,24,25). The van der Waals surface area contributed by atoms with E-state index in [2.05, 4.69) is 16.8 Å². The Labute approximate surface area is 149 Å². The third-order valence-corrected chi connectivity index (χ3v) is 4.44. The van der Waals surface area contributed by atoms with Gasteiger partial charge in [-0.25, -0.2) is 13.6 Å². The molecule has 0 bridgehead atoms. The van der Waals surface area contributed by atoms with Crippen molar-refractivity contribution >= 4 is 21.4 Å². The van der Waals surface area contributed by atoms with E-state index in [0.29, 0.717) is 0 Å². The first-order chi connectivity index (χ1) is 12.2. The lowest BCUT2D eigenvalue weighted by molar-refractivity contribution is 0.414. The quantitative estimate of drug-likeness (QED) is 0.606. The smallest absolute Gasteiger partial charge is 0.281 e. The monoisotopic (exact) mass is 373 g/mol. The van der Waals surface area contributed by atoms with Crippen molar-refractivity contribution in [3.05, 3.63) is 58.4 Å². The number of benzene rings is 1. The second-order valence-corrected chi connectivity index (χ2v) is 6.79. The van der Waals surface area contributed by atoms with Crippen molar-refractivity contribution in [2.24, 2.45) is 15.4 Å². The molecule has 0 amide bonds. The number of allylic oxidation sites excluding steroid dienone is 1. The molecule has 1 aromatic heterocycles. The molecule has 2 aromatic rings. The molecule has 1 aromatic carbocycles. The SMILES string of the molecule is C=CCn1c(O)c(C#N)c(C)c(N=Nc2ccc(S(N)(=O)=O)cc2)c1=O. The van der Waals surface area contributed by atoms with Gasteiger partial charge in [-0.15, -0.1) is 11.7 Å². The lowest BCUT2D eigenvalue weighted by Gasteiger charge is -2.11. The minimum atomic E-state index is -3.82. The van der Waals surface area contributed by atoms with Gasteiger partial charge in [0.2, 0.25) is 15.9 Å². The number of sulfonamides is 1. The van der Waals surface area contributed by atoms with Crippen LogP contribution in [0, 0.1) is 18.3 Å². The van der Waals surface area contributed by atoms with Gasteiger partial charge in [-0.2, -0.15) is 10.4 Å². The number of rotatable bonds is 5. The number of primary sulfonamides is 1. The van der Waals surface area contributed by atoms with Crippen LogP contribution in [0.5, 0.6) is 5.88 Å². The van der Waals surface area contributed by atoms with E-state index < -0.39 is 21.5 Å². The normalized spacial score (nSPS) is 11.4. The zero-order chi connectivity index (χ0) is 19.5. The molecule has 3 N–H and O–H groups in total. The highest BCUT2D eigenvalue weighted by Crippen LogP contribution is 2.27. The van der Waals surface area contributed by atoms with Crippen molar-refractivity contribution in [1.29, 1.82) is 5.26 Å². The Morgan fingerprint density at radius 1 is 1.35 bits per heavy atom. The fourth-order valence-electron chi connectivity index (χ4n) is 2.17. The molecule has 0 aliphatic heterocycles. The van der Waals surface area contributed by atoms with Crippen LogP contribution in [0.2, 0.25) is 0 Å². The number of azo groups is 1. The molecule has 0 unspecified atom stereocenters. The van der Waals surface area contributed by atoms with Crippen molar-refractivity contribution in [3.63, 3.8) is 0 Å². The van der Waals surface area contributed by atoms with Gasteiger partial charge in [-0.05, 0) is 31.2 Å². The summed E-state index contributed by atoms with van der Waals surface area (Å²) in [7, 11) is -3.82. The lowest BCUT2D eigenvalue weighted by atomic mass is 10.1. The molecule has 1 heterocycles. The molecular weight excluding hydrogens is 358 g/mol. The number of pyridine rings is 1. The van der Waals surface area contributed by atoms with Gasteiger partial charge < -0.3 is 5.11 Å². The Kier molecular flexibility index (Phi) is 5.35. The third-order valence-electron chi connectivity index (χ3n) is 3.51. The summed E-state index contributed by atoms with van der Waals surface area (Å²) in [4.78, 5) is 12.4. The van der Waals surface area contributed by atoms with Crippen LogP contribution in [-0.2, 0) is 16.6 Å². The van der Waals surface area contributed by atoms with Gasteiger partial charge in [-0.1, -0.05) is 6.08 Å². The predicted molar refractivity (Wildman–Crippen MR) is 94.0 cm³/mol. The summed E-state index contributed by atoms with van der Waals surface area (Å²) in [5.74, 6) is -0.466. The van der Waals surface area contributed by atoms with Crippen LogP contribution in [0.3, 0.4) is 0 Å². The van der Waals surface area contributed by atoms with Gasteiger partial charge in [-0.3, -0.25) is 9.36 Å². The summed E-state index contributed by atoms with van der Waals surface area (Å²) in [6.45, 7) is 4.96. The van der Waals surface area contributed by atoms with Crippen LogP contribution < -0.4 is 10.7 Å². The fraction of sp³-hybridized carbons (Fsp3) is 0.125. The molecule has 0 saturated carbocycles. The molecule has 0 fully saturated rings. The number of aromatic hydroxyl groups is 1. The fourth-order valence-corrected chi connectivity index (χ4v) is 2.68. The highest BCUT2D eigenvalue weighted by Gasteiger charge is 2.18. The van der Waals surface area contributed by atoms with Crippen molar-refractivity contribution < 1.29 is 13.5 Å². The van der Waals surface area contributed by atoms with E-state index in [1.165, 1.54) is 37.3 Å². The zero-order valence-electron chi connectivity index (χ0n) is 13.7. The Balaban J connectivity index is 2.54. The molecule has 0 saturated heterocycles. The van der Waals surface area contributed by atoms with Gasteiger partial charge in [0.1, 0.15) is 11.6 Å². The molecular formula is C16H15N5O4S. The van der Waals surface area contributed by atoms with E-state index in [0.717, 1.165) is 4.57 Å². The summed E-state index contributed by atoms with van der Waals surface area (Å²) in [6.07, 6.45) is 1.39. The summed E-state index contributed by atoms with van der Waals surface area (Å²) < 4.78 is 23.4. The molecule has 2 rings (SSSR count). The van der Waals surface area contributed by atoms with Crippen molar-refractivity contribution in [1.82, 2.24) is 4.57 Å². The first kappa shape index (κ1) is 19.0. The highest BCUT2D eigenvalue weighted by molar-refractivity contribution is 7.89. The van der Waals surface area contributed by atoms with E-state index >= 15 is 0 Å². The first-order valence-electron chi connectivity index (χ1n) is 7.22. The molecule has 26 heavy (non-hydrogen) atoms. The minimum absolute atomic E-state index is 0.00873. The number of nitrogens with zero attached hydrogens (tertiary/aromatic N) is 4. The number of aromatic nitrogens is 1. The van der Waals surface area contributed by atoms with Gasteiger partial charge in [0.15, 0.2) is 5.69 Å². The Hall–Kier alpha value is -3.29. The van der Waals surface area contributed by atoms with Crippen LogP contribution >= 0.6 is 0 Å². The molecule has 0 radical (unpaired) electrons. The second-order valence-electron chi connectivity index (χ2n) is 5.23.